The molecule has 1 aliphatic rings. The number of hydrogen-bond acceptors (Lipinski definition) is 3. The summed E-state index contributed by atoms with van der Waals surface area (Å²) in [6.45, 7) is 4.69. The Hall–Kier alpha value is -7.23. The predicted molar refractivity (Wildman–Crippen MR) is 237 cm³/mol. The van der Waals surface area contributed by atoms with E-state index in [1.807, 2.05) is 18.3 Å². The van der Waals surface area contributed by atoms with Crippen molar-refractivity contribution in [1.29, 1.82) is 0 Å². The summed E-state index contributed by atoms with van der Waals surface area (Å²) >= 11 is 0. The van der Waals surface area contributed by atoms with Crippen LogP contribution in [0.3, 0.4) is 0 Å². The highest BCUT2D eigenvalue weighted by molar-refractivity contribution is 6.05. The second-order valence-corrected chi connectivity index (χ2v) is 15.6. The molecular formula is C54H37N3. The molecule has 0 saturated carbocycles. The van der Waals surface area contributed by atoms with Gasteiger partial charge in [-0.2, -0.15) is 0 Å². The van der Waals surface area contributed by atoms with Crippen LogP contribution in [0.5, 0.6) is 0 Å². The Morgan fingerprint density at radius 3 is 1.88 bits per heavy atom. The molecule has 0 saturated heterocycles. The second kappa shape index (κ2) is 12.9. The molecule has 0 atom stereocenters. The van der Waals surface area contributed by atoms with Crippen LogP contribution < -0.4 is 0 Å². The standard InChI is InChI=1S/C54H37N3/c1-54(2)47-23-11-22-45(52(47)46-31-36-15-6-7-16-37(36)32-48(46)54)51-33-50(56-53(57-51)34-13-4-3-5-14-34)44-26-25-41(42-20-8-9-21-43(42)44)39-18-10-17-35(29-39)38-24-27-49-40(30-38)19-12-28-55-49/h3-33H,1-2H3. The highest BCUT2D eigenvalue weighted by Gasteiger charge is 2.37. The highest BCUT2D eigenvalue weighted by Crippen LogP contribution is 2.53. The zero-order valence-corrected chi connectivity index (χ0v) is 31.7. The van der Waals surface area contributed by atoms with E-state index < -0.39 is 0 Å². The summed E-state index contributed by atoms with van der Waals surface area (Å²) in [6, 6.07) is 65.4. The predicted octanol–water partition coefficient (Wildman–Crippen LogP) is 14.0. The lowest BCUT2D eigenvalue weighted by Crippen LogP contribution is -2.14. The molecule has 2 aromatic heterocycles. The van der Waals surface area contributed by atoms with Crippen molar-refractivity contribution in [2.45, 2.75) is 19.3 Å². The summed E-state index contributed by atoms with van der Waals surface area (Å²) in [5, 5.41) is 5.98. The third-order valence-electron chi connectivity index (χ3n) is 11.9. The maximum atomic E-state index is 5.35. The fraction of sp³-hybridized carbons (Fsp3) is 0.0556. The van der Waals surface area contributed by atoms with Crippen LogP contribution >= 0.6 is 0 Å². The smallest absolute Gasteiger partial charge is 0.160 e. The highest BCUT2D eigenvalue weighted by atomic mass is 14.9. The number of nitrogens with zero attached hydrogens (tertiary/aromatic N) is 3. The van der Waals surface area contributed by atoms with Gasteiger partial charge in [0.25, 0.3) is 0 Å². The van der Waals surface area contributed by atoms with Gasteiger partial charge in [0.15, 0.2) is 5.82 Å². The van der Waals surface area contributed by atoms with Crippen LogP contribution in [0.25, 0.3) is 99.7 Å². The Bertz CT molecular complexity index is 3220. The van der Waals surface area contributed by atoms with Crippen molar-refractivity contribution < 1.29 is 0 Å². The van der Waals surface area contributed by atoms with Gasteiger partial charge in [-0.3, -0.25) is 4.98 Å². The molecule has 1 aliphatic carbocycles. The van der Waals surface area contributed by atoms with Crippen molar-refractivity contribution in [2.75, 3.05) is 0 Å². The van der Waals surface area contributed by atoms with E-state index in [0.29, 0.717) is 5.82 Å². The Kier molecular flexibility index (Phi) is 7.52. The van der Waals surface area contributed by atoms with Gasteiger partial charge in [-0.15, -0.1) is 0 Å². The first-order valence-corrected chi connectivity index (χ1v) is 19.6. The van der Waals surface area contributed by atoms with Crippen molar-refractivity contribution in [3.8, 4) is 67.3 Å². The minimum absolute atomic E-state index is 0.155. The normalized spacial score (nSPS) is 12.9. The molecule has 3 heteroatoms. The van der Waals surface area contributed by atoms with Gasteiger partial charge in [0.05, 0.1) is 16.9 Å². The van der Waals surface area contributed by atoms with E-state index in [1.165, 1.54) is 60.7 Å². The van der Waals surface area contributed by atoms with Gasteiger partial charge < -0.3 is 0 Å². The molecule has 0 amide bonds. The van der Waals surface area contributed by atoms with Crippen molar-refractivity contribution in [3.63, 3.8) is 0 Å². The third kappa shape index (κ3) is 5.46. The van der Waals surface area contributed by atoms with Crippen LogP contribution in [0, 0.1) is 0 Å². The summed E-state index contributed by atoms with van der Waals surface area (Å²) in [5.74, 6) is 0.711. The van der Waals surface area contributed by atoms with E-state index in [4.69, 9.17) is 9.97 Å². The molecular weight excluding hydrogens is 691 g/mol. The fourth-order valence-corrected chi connectivity index (χ4v) is 9.02. The quantitative estimate of drug-likeness (QED) is 0.177. The van der Waals surface area contributed by atoms with Gasteiger partial charge >= 0.3 is 0 Å². The first kappa shape index (κ1) is 33.1. The van der Waals surface area contributed by atoms with E-state index in [2.05, 4.69) is 189 Å². The maximum absolute atomic E-state index is 5.35. The maximum Gasteiger partial charge on any atom is 0.160 e. The zero-order valence-electron chi connectivity index (χ0n) is 31.7. The molecule has 2 heterocycles. The van der Waals surface area contributed by atoms with E-state index in [9.17, 15) is 0 Å². The number of pyridine rings is 1. The minimum atomic E-state index is -0.155. The van der Waals surface area contributed by atoms with Crippen molar-refractivity contribution in [3.05, 3.63) is 199 Å². The summed E-state index contributed by atoms with van der Waals surface area (Å²) in [4.78, 5) is 15.2. The van der Waals surface area contributed by atoms with Gasteiger partial charge in [-0.1, -0.05) is 153 Å². The average Bonchev–Trinajstić information content (AvgIpc) is 3.50. The Morgan fingerprint density at radius 1 is 0.386 bits per heavy atom. The summed E-state index contributed by atoms with van der Waals surface area (Å²) in [7, 11) is 0. The Morgan fingerprint density at radius 2 is 1.04 bits per heavy atom. The lowest BCUT2D eigenvalue weighted by Gasteiger charge is -2.22. The molecule has 0 N–H and O–H groups in total. The molecule has 11 rings (SSSR count). The van der Waals surface area contributed by atoms with Crippen LogP contribution in [-0.2, 0) is 5.41 Å². The van der Waals surface area contributed by atoms with E-state index in [1.54, 1.807) is 0 Å². The molecule has 0 aliphatic heterocycles. The molecule has 0 radical (unpaired) electrons. The van der Waals surface area contributed by atoms with Crippen molar-refractivity contribution in [2.24, 2.45) is 0 Å². The second-order valence-electron chi connectivity index (χ2n) is 15.6. The Balaban J connectivity index is 1.09. The number of rotatable bonds is 5. The molecule has 57 heavy (non-hydrogen) atoms. The monoisotopic (exact) mass is 727 g/mol. The van der Waals surface area contributed by atoms with Gasteiger partial charge in [0.1, 0.15) is 0 Å². The van der Waals surface area contributed by atoms with Crippen LogP contribution in [0.15, 0.2) is 188 Å². The molecule has 0 unspecified atom stereocenters. The summed E-state index contributed by atoms with van der Waals surface area (Å²) < 4.78 is 0. The number of benzene rings is 8. The average molecular weight is 728 g/mol. The molecule has 0 spiro atoms. The van der Waals surface area contributed by atoms with Gasteiger partial charge in [-0.25, -0.2) is 9.97 Å². The fourth-order valence-electron chi connectivity index (χ4n) is 9.02. The first-order chi connectivity index (χ1) is 28.0. The lowest BCUT2D eigenvalue weighted by atomic mass is 9.81. The van der Waals surface area contributed by atoms with Crippen molar-refractivity contribution >= 4 is 32.4 Å². The van der Waals surface area contributed by atoms with Gasteiger partial charge in [-0.05, 0) is 109 Å². The van der Waals surface area contributed by atoms with Crippen molar-refractivity contribution in [1.82, 2.24) is 15.0 Å². The lowest BCUT2D eigenvalue weighted by molar-refractivity contribution is 0.661. The molecule has 0 fully saturated rings. The van der Waals surface area contributed by atoms with Gasteiger partial charge in [0.2, 0.25) is 0 Å². The Labute approximate surface area is 332 Å². The largest absolute Gasteiger partial charge is 0.256 e. The molecule has 8 aromatic carbocycles. The molecule has 268 valence electrons. The van der Waals surface area contributed by atoms with E-state index in [0.717, 1.165) is 44.4 Å². The van der Waals surface area contributed by atoms with E-state index in [-0.39, 0.29) is 5.41 Å². The number of hydrogen-bond donors (Lipinski definition) is 0. The van der Waals surface area contributed by atoms with Crippen LogP contribution in [-0.4, -0.2) is 15.0 Å². The number of aromatic nitrogens is 3. The third-order valence-corrected chi connectivity index (χ3v) is 11.9. The molecule has 3 nitrogen and oxygen atoms in total. The topological polar surface area (TPSA) is 38.7 Å². The van der Waals surface area contributed by atoms with Crippen LogP contribution in [0.1, 0.15) is 25.0 Å². The zero-order chi connectivity index (χ0) is 38.1. The summed E-state index contributed by atoms with van der Waals surface area (Å²) in [6.07, 6.45) is 1.84. The SMILES string of the molecule is CC1(C)c2cc3ccccc3cc2-c2c(-c3cc(-c4ccc(-c5cccc(-c6ccc7ncccc7c6)c5)c5ccccc45)nc(-c4ccccc4)n3)cccc21. The van der Waals surface area contributed by atoms with Crippen LogP contribution in [0.4, 0.5) is 0 Å². The first-order valence-electron chi connectivity index (χ1n) is 19.6. The minimum Gasteiger partial charge on any atom is -0.256 e. The summed E-state index contributed by atoms with van der Waals surface area (Å²) in [5.41, 5.74) is 15.8. The van der Waals surface area contributed by atoms with Crippen LogP contribution in [0.2, 0.25) is 0 Å². The van der Waals surface area contributed by atoms with Gasteiger partial charge in [0, 0.05) is 33.7 Å². The molecule has 0 bridgehead atoms. The number of fused-ring (bicyclic) bond motifs is 6. The van der Waals surface area contributed by atoms with E-state index >= 15 is 0 Å². The molecule has 10 aromatic rings.